The van der Waals surface area contributed by atoms with Crippen LogP contribution in [0, 0.1) is 23.2 Å². The molecule has 49 heavy (non-hydrogen) atoms. The predicted molar refractivity (Wildman–Crippen MR) is 176 cm³/mol. The second kappa shape index (κ2) is 16.9. The van der Waals surface area contributed by atoms with Gasteiger partial charge in [-0.25, -0.2) is 13.8 Å². The van der Waals surface area contributed by atoms with Gasteiger partial charge in [0, 0.05) is 31.1 Å². The minimum atomic E-state index is -3.15. The Labute approximate surface area is 285 Å². The van der Waals surface area contributed by atoms with Crippen LogP contribution in [0.5, 0.6) is 0 Å². The number of carbonyl (C=O) groups is 6. The maximum Gasteiger partial charge on any atom is 0.294 e. The molecule has 4 N–H and O–H groups in total. The summed E-state index contributed by atoms with van der Waals surface area (Å²) in [4.78, 5) is 89.4. The lowest BCUT2D eigenvalue weighted by atomic mass is 9.87. The first kappa shape index (κ1) is 39.1. The smallest absolute Gasteiger partial charge is 0.294 e. The van der Waals surface area contributed by atoms with E-state index in [-0.39, 0.29) is 42.5 Å². The number of carbonyl (C=O) groups excluding carboxylic acids is 6. The van der Waals surface area contributed by atoms with Gasteiger partial charge in [-0.15, -0.1) is 0 Å². The summed E-state index contributed by atoms with van der Waals surface area (Å²) in [6, 6.07) is -3.71. The normalized spacial score (nSPS) is 21.1. The zero-order valence-electron chi connectivity index (χ0n) is 29.2. The maximum atomic E-state index is 14.4. The molecule has 0 aromatic carbocycles. The standard InChI is InChI=1S/C34H49F2N7O6/c1-8-19(4)39-32(48)28(44)22(14-25(35)36)40-31(47)27-21-11-9-10-20(21)17-43(27)33(49)23(15-34(5,6)7)41-30(46)26(18(2)3)42-29(45)24-16-37-12-13-38-24/h12-14,16,18-21,23,25-27H,8-11,15,17H2,1-7H3,(H,39,48)(H,40,47)(H,41,46)(H,42,45)/t19?,20?,21?,23-,26-,27-/m0/s1. The molecule has 1 aliphatic heterocycles. The Bertz CT molecular complexity index is 1420. The molecular formula is C34H49F2N7O6. The monoisotopic (exact) mass is 689 g/mol. The number of allylic oxidation sites excluding steroid dienone is 1. The van der Waals surface area contributed by atoms with Gasteiger partial charge in [-0.05, 0) is 55.8 Å². The van der Waals surface area contributed by atoms with E-state index < -0.39 is 77.0 Å². The van der Waals surface area contributed by atoms with E-state index in [2.05, 4.69) is 31.2 Å². The zero-order chi connectivity index (χ0) is 36.6. The van der Waals surface area contributed by atoms with Gasteiger partial charge < -0.3 is 26.2 Å². The van der Waals surface area contributed by atoms with E-state index in [0.717, 1.165) is 12.8 Å². The quantitative estimate of drug-likeness (QED) is 0.170. The number of rotatable bonds is 14. The van der Waals surface area contributed by atoms with Crippen LogP contribution in [0.2, 0.25) is 0 Å². The Hall–Kier alpha value is -4.30. The van der Waals surface area contributed by atoms with Crippen molar-refractivity contribution in [2.24, 2.45) is 23.2 Å². The molecule has 270 valence electrons. The zero-order valence-corrected chi connectivity index (χ0v) is 29.2. The van der Waals surface area contributed by atoms with Crippen LogP contribution in [0.1, 0.15) is 91.1 Å². The summed E-state index contributed by atoms with van der Waals surface area (Å²) in [5.74, 6) is -5.88. The van der Waals surface area contributed by atoms with Gasteiger partial charge in [0.15, 0.2) is 0 Å². The molecule has 2 heterocycles. The third-order valence-electron chi connectivity index (χ3n) is 8.90. The van der Waals surface area contributed by atoms with Crippen molar-refractivity contribution in [3.8, 4) is 0 Å². The van der Waals surface area contributed by atoms with Crippen molar-refractivity contribution in [2.75, 3.05) is 6.54 Å². The van der Waals surface area contributed by atoms with Crippen molar-refractivity contribution < 1.29 is 37.5 Å². The number of hydrogen-bond acceptors (Lipinski definition) is 8. The number of halogens is 2. The molecule has 0 spiro atoms. The SMILES string of the molecule is CCC(C)NC(=O)C(=O)C(=CC(F)F)NC(=O)[C@@H]1C2CCCC2CN1C(=O)[C@H](CC(C)(C)C)NC(=O)[C@@H](NC(=O)c1cnccn1)C(C)C. The first-order chi connectivity index (χ1) is 22.9. The number of fused-ring (bicyclic) bond motifs is 1. The maximum absolute atomic E-state index is 14.4. The molecule has 2 fully saturated rings. The van der Waals surface area contributed by atoms with Crippen molar-refractivity contribution in [3.05, 3.63) is 36.1 Å². The largest absolute Gasteiger partial charge is 0.347 e. The minimum absolute atomic E-state index is 0.0110. The fourth-order valence-corrected chi connectivity index (χ4v) is 6.33. The Balaban J connectivity index is 1.89. The van der Waals surface area contributed by atoms with Crippen LogP contribution in [0.15, 0.2) is 30.4 Å². The van der Waals surface area contributed by atoms with Gasteiger partial charge in [0.05, 0.1) is 11.9 Å². The molecule has 0 bridgehead atoms. The fourth-order valence-electron chi connectivity index (χ4n) is 6.33. The number of nitrogens with one attached hydrogen (secondary N) is 4. The number of likely N-dealkylation sites (tertiary alicyclic amines) is 1. The number of Topliss-reactive ketones (excluding diaryl/α,β-unsaturated/α-hetero) is 1. The van der Waals surface area contributed by atoms with Gasteiger partial charge in [0.2, 0.25) is 17.7 Å². The van der Waals surface area contributed by atoms with Crippen LogP contribution in [-0.2, 0) is 24.0 Å². The first-order valence-corrected chi connectivity index (χ1v) is 16.8. The third-order valence-corrected chi connectivity index (χ3v) is 8.90. The van der Waals surface area contributed by atoms with Crippen LogP contribution < -0.4 is 21.3 Å². The fraction of sp³-hybridized carbons (Fsp3) is 0.647. The molecule has 5 amide bonds. The van der Waals surface area contributed by atoms with Crippen molar-refractivity contribution in [3.63, 3.8) is 0 Å². The van der Waals surface area contributed by atoms with Gasteiger partial charge in [-0.1, -0.05) is 48.0 Å². The summed E-state index contributed by atoms with van der Waals surface area (Å²) in [7, 11) is 0. The van der Waals surface area contributed by atoms with Crippen molar-refractivity contribution in [1.82, 2.24) is 36.1 Å². The second-order valence-corrected chi connectivity index (χ2v) is 14.4. The lowest BCUT2D eigenvalue weighted by Crippen LogP contribution is -2.59. The number of hydrogen-bond donors (Lipinski definition) is 4. The van der Waals surface area contributed by atoms with Crippen LogP contribution >= 0.6 is 0 Å². The van der Waals surface area contributed by atoms with Gasteiger partial charge in [-0.2, -0.15) is 0 Å². The molecule has 15 heteroatoms. The number of alkyl halides is 2. The average molecular weight is 690 g/mol. The highest BCUT2D eigenvalue weighted by atomic mass is 19.3. The van der Waals surface area contributed by atoms with Crippen LogP contribution in [0.4, 0.5) is 8.78 Å². The van der Waals surface area contributed by atoms with Crippen LogP contribution in [0.25, 0.3) is 0 Å². The molecule has 1 saturated carbocycles. The highest BCUT2D eigenvalue weighted by molar-refractivity contribution is 6.43. The van der Waals surface area contributed by atoms with Gasteiger partial charge in [0.25, 0.3) is 24.0 Å². The molecule has 0 radical (unpaired) electrons. The lowest BCUT2D eigenvalue weighted by molar-refractivity contribution is -0.143. The Morgan fingerprint density at radius 3 is 2.29 bits per heavy atom. The van der Waals surface area contributed by atoms with E-state index >= 15 is 0 Å². The lowest BCUT2D eigenvalue weighted by Gasteiger charge is -2.34. The Morgan fingerprint density at radius 2 is 1.71 bits per heavy atom. The molecule has 6 atom stereocenters. The van der Waals surface area contributed by atoms with Crippen LogP contribution in [-0.4, -0.2) is 87.3 Å². The Kier molecular flexibility index (Phi) is 13.5. The number of aromatic nitrogens is 2. The number of amides is 5. The molecule has 1 aliphatic carbocycles. The summed E-state index contributed by atoms with van der Waals surface area (Å²) in [5, 5.41) is 10.1. The summed E-state index contributed by atoms with van der Waals surface area (Å²) in [5.41, 5.74) is -1.33. The summed E-state index contributed by atoms with van der Waals surface area (Å²) < 4.78 is 27.0. The molecule has 3 unspecified atom stereocenters. The van der Waals surface area contributed by atoms with Crippen molar-refractivity contribution in [1.29, 1.82) is 0 Å². The minimum Gasteiger partial charge on any atom is -0.347 e. The molecule has 13 nitrogen and oxygen atoms in total. The van der Waals surface area contributed by atoms with E-state index in [9.17, 15) is 37.5 Å². The third kappa shape index (κ3) is 10.6. The van der Waals surface area contributed by atoms with E-state index in [1.54, 1.807) is 27.7 Å². The molecular weight excluding hydrogens is 640 g/mol. The molecule has 1 saturated heterocycles. The van der Waals surface area contributed by atoms with E-state index in [4.69, 9.17) is 0 Å². The van der Waals surface area contributed by atoms with Crippen molar-refractivity contribution in [2.45, 2.75) is 111 Å². The second-order valence-electron chi connectivity index (χ2n) is 14.4. The van der Waals surface area contributed by atoms with Crippen molar-refractivity contribution >= 4 is 35.3 Å². The van der Waals surface area contributed by atoms with E-state index in [1.807, 2.05) is 20.8 Å². The molecule has 1 aromatic rings. The number of nitrogens with zero attached hydrogens (tertiary/aromatic N) is 3. The van der Waals surface area contributed by atoms with Crippen LogP contribution in [0.3, 0.4) is 0 Å². The first-order valence-electron chi connectivity index (χ1n) is 16.8. The molecule has 2 aliphatic rings. The molecule has 1 aromatic heterocycles. The van der Waals surface area contributed by atoms with E-state index in [0.29, 0.717) is 12.8 Å². The van der Waals surface area contributed by atoms with Gasteiger partial charge in [-0.3, -0.25) is 33.8 Å². The number of ketones is 1. The predicted octanol–water partition coefficient (Wildman–Crippen LogP) is 2.53. The van der Waals surface area contributed by atoms with E-state index in [1.165, 1.54) is 23.5 Å². The van der Waals surface area contributed by atoms with Gasteiger partial charge in [0.1, 0.15) is 23.8 Å². The average Bonchev–Trinajstić information content (AvgIpc) is 3.63. The summed E-state index contributed by atoms with van der Waals surface area (Å²) in [6.07, 6.45) is 3.85. The highest BCUT2D eigenvalue weighted by Crippen LogP contribution is 2.43. The summed E-state index contributed by atoms with van der Waals surface area (Å²) in [6.45, 7) is 12.7. The summed E-state index contributed by atoms with van der Waals surface area (Å²) >= 11 is 0. The Morgan fingerprint density at radius 1 is 1.02 bits per heavy atom. The van der Waals surface area contributed by atoms with Gasteiger partial charge >= 0.3 is 0 Å². The topological polar surface area (TPSA) is 180 Å². The molecule has 3 rings (SSSR count). The highest BCUT2D eigenvalue weighted by Gasteiger charge is 2.51.